The number of nitrogens with zero attached hydrogens (tertiary/aromatic N) is 1. The van der Waals surface area contributed by atoms with E-state index in [1.807, 2.05) is 6.92 Å². The molecule has 1 amide bonds. The Bertz CT molecular complexity index is 193. The summed E-state index contributed by atoms with van der Waals surface area (Å²) in [5.41, 5.74) is 0. The molecule has 1 atom stereocenters. The fourth-order valence-electron chi connectivity index (χ4n) is 1.67. The third-order valence-corrected chi connectivity index (χ3v) is 2.52. The van der Waals surface area contributed by atoms with Crippen molar-refractivity contribution in [3.05, 3.63) is 0 Å². The normalized spacial score (nSPS) is 21.3. The first kappa shape index (κ1) is 12.4. The molecule has 0 aromatic heterocycles. The van der Waals surface area contributed by atoms with E-state index < -0.39 is 0 Å². The molecule has 0 aromatic rings. The first-order valence-electron chi connectivity index (χ1n) is 5.47. The number of aliphatic hydroxyl groups excluding tert-OH is 1. The van der Waals surface area contributed by atoms with Crippen molar-refractivity contribution >= 4 is 5.91 Å². The highest BCUT2D eigenvalue weighted by atomic mass is 16.5. The van der Waals surface area contributed by atoms with Crippen molar-refractivity contribution in [2.45, 2.75) is 19.4 Å². The van der Waals surface area contributed by atoms with Crippen LogP contribution in [0, 0.1) is 0 Å². The van der Waals surface area contributed by atoms with Gasteiger partial charge in [-0.05, 0) is 6.92 Å². The van der Waals surface area contributed by atoms with Gasteiger partial charge in [0.25, 0.3) is 0 Å². The largest absolute Gasteiger partial charge is 0.395 e. The van der Waals surface area contributed by atoms with Crippen LogP contribution in [0.5, 0.6) is 0 Å². The van der Waals surface area contributed by atoms with Gasteiger partial charge in [0, 0.05) is 32.1 Å². The summed E-state index contributed by atoms with van der Waals surface area (Å²) in [5, 5.41) is 12.0. The number of carbonyl (C=O) groups is 1. The summed E-state index contributed by atoms with van der Waals surface area (Å²) in [4.78, 5) is 13.4. The molecule has 0 spiro atoms. The van der Waals surface area contributed by atoms with Crippen molar-refractivity contribution < 1.29 is 14.6 Å². The zero-order valence-electron chi connectivity index (χ0n) is 9.24. The zero-order valence-corrected chi connectivity index (χ0v) is 9.24. The van der Waals surface area contributed by atoms with Crippen molar-refractivity contribution in [1.82, 2.24) is 10.2 Å². The van der Waals surface area contributed by atoms with Crippen molar-refractivity contribution in [2.75, 3.05) is 39.5 Å². The molecule has 1 rings (SSSR count). The minimum atomic E-state index is 0.0220. The van der Waals surface area contributed by atoms with E-state index in [9.17, 15) is 4.79 Å². The van der Waals surface area contributed by atoms with Crippen molar-refractivity contribution in [2.24, 2.45) is 0 Å². The summed E-state index contributed by atoms with van der Waals surface area (Å²) >= 11 is 0. The average molecular weight is 216 g/mol. The van der Waals surface area contributed by atoms with Crippen LogP contribution >= 0.6 is 0 Å². The lowest BCUT2D eigenvalue weighted by molar-refractivity contribution is -0.132. The smallest absolute Gasteiger partial charge is 0.224 e. The summed E-state index contributed by atoms with van der Waals surface area (Å²) in [5.74, 6) is 0.0783. The highest BCUT2D eigenvalue weighted by molar-refractivity contribution is 5.76. The number of rotatable bonds is 5. The van der Waals surface area contributed by atoms with Crippen LogP contribution in [0.4, 0.5) is 0 Å². The van der Waals surface area contributed by atoms with Crippen LogP contribution in [0.25, 0.3) is 0 Å². The van der Waals surface area contributed by atoms with Crippen LogP contribution in [0.1, 0.15) is 13.3 Å². The van der Waals surface area contributed by atoms with Gasteiger partial charge >= 0.3 is 0 Å². The van der Waals surface area contributed by atoms with Crippen molar-refractivity contribution in [3.8, 4) is 0 Å². The molecule has 1 aliphatic heterocycles. The quantitative estimate of drug-likeness (QED) is 0.632. The van der Waals surface area contributed by atoms with Gasteiger partial charge in [-0.15, -0.1) is 0 Å². The summed E-state index contributed by atoms with van der Waals surface area (Å²) in [6.45, 7) is 5.13. The third-order valence-electron chi connectivity index (χ3n) is 2.52. The van der Waals surface area contributed by atoms with Gasteiger partial charge in [0.05, 0.1) is 19.8 Å². The van der Waals surface area contributed by atoms with Gasteiger partial charge < -0.3 is 20.1 Å². The molecule has 0 aliphatic carbocycles. The van der Waals surface area contributed by atoms with E-state index in [1.165, 1.54) is 0 Å². The number of hydrogen-bond donors (Lipinski definition) is 2. The van der Waals surface area contributed by atoms with Crippen LogP contribution in [0.3, 0.4) is 0 Å². The first-order valence-corrected chi connectivity index (χ1v) is 5.47. The molecule has 1 heterocycles. The van der Waals surface area contributed by atoms with Gasteiger partial charge in [0.1, 0.15) is 0 Å². The molecule has 1 aliphatic rings. The summed E-state index contributed by atoms with van der Waals surface area (Å²) in [6.07, 6.45) is 0.452. The van der Waals surface area contributed by atoms with Crippen LogP contribution in [0.15, 0.2) is 0 Å². The lowest BCUT2D eigenvalue weighted by Gasteiger charge is -2.26. The molecule has 15 heavy (non-hydrogen) atoms. The Labute approximate surface area is 90.4 Å². The molecule has 0 aromatic carbocycles. The summed E-state index contributed by atoms with van der Waals surface area (Å²) < 4.78 is 5.27. The Morgan fingerprint density at radius 1 is 1.67 bits per heavy atom. The number of likely N-dealkylation sites (N-methyl/N-ethyl adjacent to an activating group) is 1. The van der Waals surface area contributed by atoms with E-state index in [0.29, 0.717) is 26.1 Å². The van der Waals surface area contributed by atoms with Gasteiger partial charge in [-0.1, -0.05) is 0 Å². The molecule has 1 unspecified atom stereocenters. The molecule has 0 bridgehead atoms. The van der Waals surface area contributed by atoms with Gasteiger partial charge in [0.15, 0.2) is 0 Å². The van der Waals surface area contributed by atoms with Crippen LogP contribution < -0.4 is 5.32 Å². The van der Waals surface area contributed by atoms with Crippen molar-refractivity contribution in [1.29, 1.82) is 0 Å². The topological polar surface area (TPSA) is 61.8 Å². The Morgan fingerprint density at radius 2 is 2.47 bits per heavy atom. The third kappa shape index (κ3) is 4.15. The molecular weight excluding hydrogens is 196 g/mol. The number of amides is 1. The number of carbonyl (C=O) groups excluding carboxylic acids is 1. The van der Waals surface area contributed by atoms with E-state index in [-0.39, 0.29) is 18.6 Å². The summed E-state index contributed by atoms with van der Waals surface area (Å²) in [6, 6.07) is 0.124. The lowest BCUT2D eigenvalue weighted by atomic mass is 10.2. The first-order chi connectivity index (χ1) is 7.27. The highest BCUT2D eigenvalue weighted by Gasteiger charge is 2.19. The Balaban J connectivity index is 2.31. The molecule has 0 radical (unpaired) electrons. The Morgan fingerprint density at radius 3 is 3.00 bits per heavy atom. The number of hydrogen-bond acceptors (Lipinski definition) is 4. The molecule has 5 nitrogen and oxygen atoms in total. The second kappa shape index (κ2) is 6.76. The van der Waals surface area contributed by atoms with Gasteiger partial charge in [0.2, 0.25) is 5.91 Å². The van der Waals surface area contributed by atoms with Gasteiger partial charge in [-0.3, -0.25) is 4.79 Å². The number of ether oxygens (including phenoxy) is 1. The maximum Gasteiger partial charge on any atom is 0.224 e. The SMILES string of the molecule is CCN(CCO)C(=O)CC1COCCN1. The highest BCUT2D eigenvalue weighted by Crippen LogP contribution is 2.02. The number of nitrogens with one attached hydrogen (secondary N) is 1. The lowest BCUT2D eigenvalue weighted by Crippen LogP contribution is -2.45. The maximum absolute atomic E-state index is 11.8. The zero-order chi connectivity index (χ0) is 11.1. The fraction of sp³-hybridized carbons (Fsp3) is 0.900. The molecule has 0 saturated carbocycles. The van der Waals surface area contributed by atoms with Gasteiger partial charge in [-0.2, -0.15) is 0 Å². The standard InChI is InChI=1S/C10H20N2O3/c1-2-12(4-5-13)10(14)7-9-8-15-6-3-11-9/h9,11,13H,2-8H2,1H3. The van der Waals surface area contributed by atoms with Crippen LogP contribution in [-0.4, -0.2) is 61.4 Å². The second-order valence-electron chi connectivity index (χ2n) is 3.63. The Kier molecular flexibility index (Phi) is 5.60. The molecular formula is C10H20N2O3. The number of morpholine rings is 1. The van der Waals surface area contributed by atoms with Crippen molar-refractivity contribution in [3.63, 3.8) is 0 Å². The summed E-state index contributed by atoms with van der Waals surface area (Å²) in [7, 11) is 0. The second-order valence-corrected chi connectivity index (χ2v) is 3.63. The van der Waals surface area contributed by atoms with Crippen LogP contribution in [0.2, 0.25) is 0 Å². The van der Waals surface area contributed by atoms with E-state index in [0.717, 1.165) is 13.2 Å². The predicted octanol–water partition coefficient (Wildman–Crippen LogP) is -0.794. The minimum Gasteiger partial charge on any atom is -0.395 e. The predicted molar refractivity (Wildman–Crippen MR) is 56.6 cm³/mol. The van der Waals surface area contributed by atoms with Crippen LogP contribution in [-0.2, 0) is 9.53 Å². The molecule has 5 heteroatoms. The Hall–Kier alpha value is -0.650. The molecule has 88 valence electrons. The number of aliphatic hydroxyl groups is 1. The monoisotopic (exact) mass is 216 g/mol. The molecule has 1 fully saturated rings. The van der Waals surface area contributed by atoms with E-state index in [4.69, 9.17) is 9.84 Å². The molecule has 1 saturated heterocycles. The minimum absolute atomic E-state index is 0.0220. The van der Waals surface area contributed by atoms with E-state index >= 15 is 0 Å². The maximum atomic E-state index is 11.8. The fourth-order valence-corrected chi connectivity index (χ4v) is 1.67. The molecule has 2 N–H and O–H groups in total. The van der Waals surface area contributed by atoms with E-state index in [1.54, 1.807) is 4.90 Å². The van der Waals surface area contributed by atoms with Gasteiger partial charge in [-0.25, -0.2) is 0 Å². The average Bonchev–Trinajstić information content (AvgIpc) is 2.27. The van der Waals surface area contributed by atoms with E-state index in [2.05, 4.69) is 5.32 Å².